The van der Waals surface area contributed by atoms with E-state index in [1.807, 2.05) is 10.3 Å². The van der Waals surface area contributed by atoms with Crippen molar-refractivity contribution in [3.8, 4) is 5.75 Å². The molecule has 2 aromatic carbocycles. The second-order valence-corrected chi connectivity index (χ2v) is 6.87. The van der Waals surface area contributed by atoms with Crippen molar-refractivity contribution in [1.29, 1.82) is 0 Å². The van der Waals surface area contributed by atoms with Crippen LogP contribution >= 0.6 is 11.6 Å². The molecule has 0 spiro atoms. The number of hydrogen-bond acceptors (Lipinski definition) is 4. The Hall–Kier alpha value is -2.16. The van der Waals surface area contributed by atoms with Gasteiger partial charge in [0.15, 0.2) is 6.61 Å². The average molecular weight is 373 g/mol. The van der Waals surface area contributed by atoms with Crippen LogP contribution in [0.2, 0.25) is 5.02 Å². The van der Waals surface area contributed by atoms with E-state index in [4.69, 9.17) is 16.3 Å². The molecule has 1 amide bonds. The third-order valence-electron chi connectivity index (χ3n) is 2.95. The highest BCUT2D eigenvalue weighted by molar-refractivity contribution is 7.89. The maximum absolute atomic E-state index is 13.5. The van der Waals surface area contributed by atoms with Crippen molar-refractivity contribution in [1.82, 2.24) is 10.3 Å². The predicted molar refractivity (Wildman–Crippen MR) is 86.5 cm³/mol. The predicted octanol–water partition coefficient (Wildman–Crippen LogP) is 2.18. The molecule has 0 radical (unpaired) electrons. The van der Waals surface area contributed by atoms with E-state index in [1.54, 1.807) is 25.1 Å². The Kier molecular flexibility index (Phi) is 5.76. The molecule has 0 aliphatic carbocycles. The molecule has 6 nitrogen and oxygen atoms in total. The molecule has 2 aromatic rings. The Bertz CT molecular complexity index is 858. The Balaban J connectivity index is 1.92. The third-order valence-corrected chi connectivity index (χ3v) is 4.46. The molecule has 0 fully saturated rings. The molecular formula is C15H14ClFN2O4S. The quantitative estimate of drug-likeness (QED) is 0.761. The smallest absolute Gasteiger partial charge is 0.272 e. The Morgan fingerprint density at radius 3 is 2.62 bits per heavy atom. The van der Waals surface area contributed by atoms with Crippen LogP contribution in [0.5, 0.6) is 5.75 Å². The minimum absolute atomic E-state index is 0.428. The topological polar surface area (TPSA) is 84.5 Å². The van der Waals surface area contributed by atoms with Gasteiger partial charge in [0.1, 0.15) is 16.5 Å². The van der Waals surface area contributed by atoms with Crippen LogP contribution in [0.15, 0.2) is 47.4 Å². The lowest BCUT2D eigenvalue weighted by molar-refractivity contribution is -0.123. The Morgan fingerprint density at radius 2 is 1.96 bits per heavy atom. The zero-order valence-corrected chi connectivity index (χ0v) is 14.1. The SMILES string of the molecule is Cc1cc(Cl)ccc1OCC(=O)NNS(=O)(=O)c1ccccc1F. The van der Waals surface area contributed by atoms with Gasteiger partial charge in [-0.2, -0.15) is 0 Å². The molecule has 0 unspecified atom stereocenters. The Morgan fingerprint density at radius 1 is 1.25 bits per heavy atom. The molecular weight excluding hydrogens is 359 g/mol. The molecule has 2 rings (SSSR count). The van der Waals surface area contributed by atoms with E-state index in [0.717, 1.165) is 17.7 Å². The molecule has 0 aliphatic heterocycles. The number of aryl methyl sites for hydroxylation is 1. The molecule has 9 heteroatoms. The number of nitrogens with one attached hydrogen (secondary N) is 2. The van der Waals surface area contributed by atoms with Crippen molar-refractivity contribution in [2.75, 3.05) is 6.61 Å². The van der Waals surface area contributed by atoms with Gasteiger partial charge in [-0.15, -0.1) is 4.83 Å². The van der Waals surface area contributed by atoms with Crippen LogP contribution in [0.1, 0.15) is 5.56 Å². The minimum Gasteiger partial charge on any atom is -0.483 e. The fourth-order valence-electron chi connectivity index (χ4n) is 1.80. The van der Waals surface area contributed by atoms with Crippen molar-refractivity contribution < 1.29 is 22.3 Å². The lowest BCUT2D eigenvalue weighted by Crippen LogP contribution is -2.44. The summed E-state index contributed by atoms with van der Waals surface area (Å²) in [4.78, 5) is 12.9. The maximum atomic E-state index is 13.5. The third kappa shape index (κ3) is 4.67. The van der Waals surface area contributed by atoms with Crippen LogP contribution in [-0.2, 0) is 14.8 Å². The van der Waals surface area contributed by atoms with E-state index in [-0.39, 0.29) is 0 Å². The molecule has 0 saturated heterocycles. The summed E-state index contributed by atoms with van der Waals surface area (Å²) >= 11 is 5.81. The van der Waals surface area contributed by atoms with Gasteiger partial charge >= 0.3 is 0 Å². The van der Waals surface area contributed by atoms with Gasteiger partial charge in [-0.25, -0.2) is 12.8 Å². The summed E-state index contributed by atoms with van der Waals surface area (Å²) in [6, 6.07) is 9.66. The fraction of sp³-hybridized carbons (Fsp3) is 0.133. The molecule has 0 aromatic heterocycles. The summed E-state index contributed by atoms with van der Waals surface area (Å²) in [5.41, 5.74) is 2.68. The lowest BCUT2D eigenvalue weighted by atomic mass is 10.2. The summed E-state index contributed by atoms with van der Waals surface area (Å²) in [6.45, 7) is 1.32. The first-order valence-corrected chi connectivity index (χ1v) is 8.60. The van der Waals surface area contributed by atoms with E-state index >= 15 is 0 Å². The number of benzene rings is 2. The zero-order valence-electron chi connectivity index (χ0n) is 12.5. The maximum Gasteiger partial charge on any atom is 0.272 e. The highest BCUT2D eigenvalue weighted by Gasteiger charge is 2.19. The Labute approximate surface area is 143 Å². The van der Waals surface area contributed by atoms with Crippen molar-refractivity contribution >= 4 is 27.5 Å². The number of rotatable bonds is 6. The lowest BCUT2D eigenvalue weighted by Gasteiger charge is -2.11. The largest absolute Gasteiger partial charge is 0.483 e. The average Bonchev–Trinajstić information content (AvgIpc) is 2.52. The van der Waals surface area contributed by atoms with E-state index in [2.05, 4.69) is 0 Å². The normalized spacial score (nSPS) is 11.1. The van der Waals surface area contributed by atoms with E-state index in [1.165, 1.54) is 12.1 Å². The summed E-state index contributed by atoms with van der Waals surface area (Å²) in [5.74, 6) is -1.23. The number of amides is 1. The van der Waals surface area contributed by atoms with Crippen molar-refractivity contribution in [3.63, 3.8) is 0 Å². The first kappa shape index (κ1) is 18.2. The van der Waals surface area contributed by atoms with E-state index in [0.29, 0.717) is 10.8 Å². The number of hydrogen-bond donors (Lipinski definition) is 2. The van der Waals surface area contributed by atoms with Gasteiger partial charge in [-0.3, -0.25) is 10.2 Å². The number of carbonyl (C=O) groups is 1. The molecule has 0 heterocycles. The zero-order chi connectivity index (χ0) is 17.7. The van der Waals surface area contributed by atoms with Crippen LogP contribution in [0.4, 0.5) is 4.39 Å². The van der Waals surface area contributed by atoms with Crippen LogP contribution in [-0.4, -0.2) is 20.9 Å². The summed E-state index contributed by atoms with van der Waals surface area (Å²) in [5, 5.41) is 0.530. The number of carbonyl (C=O) groups excluding carboxylic acids is 1. The highest BCUT2D eigenvalue weighted by atomic mass is 35.5. The summed E-state index contributed by atoms with van der Waals surface area (Å²) in [7, 11) is -4.21. The van der Waals surface area contributed by atoms with Gasteiger partial charge in [-0.05, 0) is 42.8 Å². The van der Waals surface area contributed by atoms with Crippen molar-refractivity contribution in [2.45, 2.75) is 11.8 Å². The molecule has 0 saturated carbocycles. The summed E-state index contributed by atoms with van der Waals surface area (Å²) in [6.07, 6.45) is 0. The first-order chi connectivity index (χ1) is 11.3. The van der Waals surface area contributed by atoms with Gasteiger partial charge in [0.05, 0.1) is 0 Å². The summed E-state index contributed by atoms with van der Waals surface area (Å²) < 4.78 is 42.6. The number of halogens is 2. The van der Waals surface area contributed by atoms with Gasteiger partial charge in [0.2, 0.25) is 0 Å². The van der Waals surface area contributed by atoms with Crippen LogP contribution < -0.4 is 15.0 Å². The van der Waals surface area contributed by atoms with Crippen LogP contribution in [0.3, 0.4) is 0 Å². The number of ether oxygens (including phenoxy) is 1. The van der Waals surface area contributed by atoms with Crippen LogP contribution in [0, 0.1) is 12.7 Å². The molecule has 24 heavy (non-hydrogen) atoms. The van der Waals surface area contributed by atoms with Gasteiger partial charge in [0.25, 0.3) is 15.9 Å². The second kappa shape index (κ2) is 7.61. The second-order valence-electron chi connectivity index (χ2n) is 4.78. The van der Waals surface area contributed by atoms with Gasteiger partial charge < -0.3 is 4.74 Å². The number of sulfonamides is 1. The van der Waals surface area contributed by atoms with E-state index < -0.39 is 33.3 Å². The van der Waals surface area contributed by atoms with Gasteiger partial charge in [-0.1, -0.05) is 23.7 Å². The first-order valence-electron chi connectivity index (χ1n) is 6.74. The van der Waals surface area contributed by atoms with Crippen molar-refractivity contribution in [3.05, 3.63) is 58.9 Å². The molecule has 2 N–H and O–H groups in total. The minimum atomic E-state index is -4.21. The molecule has 0 aliphatic rings. The standard InChI is InChI=1S/C15H14ClFN2O4S/c1-10-8-11(16)6-7-13(10)23-9-15(20)18-19-24(21,22)14-5-3-2-4-12(14)17/h2-8,19H,9H2,1H3,(H,18,20). The molecule has 0 atom stereocenters. The monoisotopic (exact) mass is 372 g/mol. The molecule has 0 bridgehead atoms. The highest BCUT2D eigenvalue weighted by Crippen LogP contribution is 2.21. The fourth-order valence-corrected chi connectivity index (χ4v) is 2.96. The molecule has 128 valence electrons. The van der Waals surface area contributed by atoms with Crippen molar-refractivity contribution in [2.24, 2.45) is 0 Å². The van der Waals surface area contributed by atoms with E-state index in [9.17, 15) is 17.6 Å². The van der Waals surface area contributed by atoms with Crippen LogP contribution in [0.25, 0.3) is 0 Å². The van der Waals surface area contributed by atoms with Gasteiger partial charge in [0, 0.05) is 5.02 Å². The number of hydrazine groups is 1.